The van der Waals surface area contributed by atoms with Crippen molar-refractivity contribution < 1.29 is 10.0 Å². The molecule has 0 aliphatic rings. The fraction of sp³-hybridized carbons (Fsp3) is 0.154. The van der Waals surface area contributed by atoms with Gasteiger partial charge in [-0.2, -0.15) is 5.10 Å². The molecule has 1 unspecified atom stereocenters. The van der Waals surface area contributed by atoms with Gasteiger partial charge in [-0.05, 0) is 13.0 Å². The number of benzene rings is 1. The SMILES string of the molecule is CC(O)c1cc([N+](=O)[O-])c(-n2ncc3ccccc32)s1. The number of nitrogens with zero attached hydrogens (tertiary/aromatic N) is 3. The molecule has 7 heteroatoms. The van der Waals surface area contributed by atoms with E-state index < -0.39 is 11.0 Å². The lowest BCUT2D eigenvalue weighted by molar-refractivity contribution is -0.384. The van der Waals surface area contributed by atoms with Crippen LogP contribution in [0.5, 0.6) is 0 Å². The molecule has 0 fully saturated rings. The van der Waals surface area contributed by atoms with Gasteiger partial charge in [0.05, 0.1) is 22.7 Å². The van der Waals surface area contributed by atoms with Crippen LogP contribution in [0.1, 0.15) is 17.9 Å². The van der Waals surface area contributed by atoms with Crippen molar-refractivity contribution in [1.29, 1.82) is 0 Å². The molecule has 0 saturated heterocycles. The fourth-order valence-corrected chi connectivity index (χ4v) is 3.05. The zero-order chi connectivity index (χ0) is 14.3. The maximum atomic E-state index is 11.2. The number of rotatable bonds is 3. The molecule has 3 rings (SSSR count). The van der Waals surface area contributed by atoms with Crippen LogP contribution in [0.2, 0.25) is 0 Å². The molecule has 2 aromatic heterocycles. The Morgan fingerprint density at radius 2 is 2.20 bits per heavy atom. The smallest absolute Gasteiger partial charge is 0.306 e. The first-order valence-electron chi connectivity index (χ1n) is 5.97. The Morgan fingerprint density at radius 3 is 2.90 bits per heavy atom. The van der Waals surface area contributed by atoms with Crippen molar-refractivity contribution in [2.24, 2.45) is 0 Å². The molecule has 0 amide bonds. The summed E-state index contributed by atoms with van der Waals surface area (Å²) < 4.78 is 1.55. The third-order valence-electron chi connectivity index (χ3n) is 2.99. The Balaban J connectivity index is 2.25. The first-order valence-corrected chi connectivity index (χ1v) is 6.79. The van der Waals surface area contributed by atoms with Crippen LogP contribution >= 0.6 is 11.3 Å². The van der Waals surface area contributed by atoms with E-state index in [0.717, 1.165) is 10.9 Å². The van der Waals surface area contributed by atoms with Crippen molar-refractivity contribution in [2.75, 3.05) is 0 Å². The Morgan fingerprint density at radius 1 is 1.45 bits per heavy atom. The summed E-state index contributed by atoms with van der Waals surface area (Å²) in [6, 6.07) is 8.90. The van der Waals surface area contributed by atoms with E-state index in [0.29, 0.717) is 9.88 Å². The largest absolute Gasteiger partial charge is 0.388 e. The van der Waals surface area contributed by atoms with Crippen molar-refractivity contribution in [2.45, 2.75) is 13.0 Å². The Kier molecular flexibility index (Phi) is 3.00. The first-order chi connectivity index (χ1) is 9.58. The van der Waals surface area contributed by atoms with Gasteiger partial charge in [-0.25, -0.2) is 4.68 Å². The normalized spacial score (nSPS) is 12.7. The van der Waals surface area contributed by atoms with Gasteiger partial charge in [-0.15, -0.1) is 11.3 Å². The molecule has 6 nitrogen and oxygen atoms in total. The average Bonchev–Trinajstić information content (AvgIpc) is 3.02. The number of thiophene rings is 1. The summed E-state index contributed by atoms with van der Waals surface area (Å²) in [6.07, 6.45) is 0.926. The number of para-hydroxylation sites is 1. The third-order valence-corrected chi connectivity index (χ3v) is 4.26. The summed E-state index contributed by atoms with van der Waals surface area (Å²) in [6.45, 7) is 1.58. The molecule has 2 heterocycles. The standard InChI is InChI=1S/C13H11N3O3S/c1-8(17)12-6-11(16(18)19)13(20-12)15-10-5-3-2-4-9(10)7-14-15/h2-8,17H,1H3. The van der Waals surface area contributed by atoms with Gasteiger partial charge in [0.25, 0.3) is 0 Å². The molecular formula is C13H11N3O3S. The molecule has 0 aliphatic heterocycles. The number of aliphatic hydroxyl groups is 1. The summed E-state index contributed by atoms with van der Waals surface area (Å²) in [4.78, 5) is 11.3. The van der Waals surface area contributed by atoms with Crippen LogP contribution in [-0.4, -0.2) is 19.8 Å². The van der Waals surface area contributed by atoms with Crippen LogP contribution in [0, 0.1) is 10.1 Å². The molecule has 1 N–H and O–H groups in total. The second-order valence-corrected chi connectivity index (χ2v) is 5.45. The van der Waals surface area contributed by atoms with Gasteiger partial charge in [-0.1, -0.05) is 18.2 Å². The average molecular weight is 289 g/mol. The monoisotopic (exact) mass is 289 g/mol. The van der Waals surface area contributed by atoms with E-state index in [4.69, 9.17) is 0 Å². The quantitative estimate of drug-likeness (QED) is 0.593. The number of hydrogen-bond acceptors (Lipinski definition) is 5. The van der Waals surface area contributed by atoms with E-state index in [9.17, 15) is 15.2 Å². The number of fused-ring (bicyclic) bond motifs is 1. The highest BCUT2D eigenvalue weighted by atomic mass is 32.1. The minimum Gasteiger partial charge on any atom is -0.388 e. The minimum absolute atomic E-state index is 0.0419. The van der Waals surface area contributed by atoms with E-state index >= 15 is 0 Å². The fourth-order valence-electron chi connectivity index (χ4n) is 2.01. The molecule has 0 bridgehead atoms. The van der Waals surface area contributed by atoms with Crippen molar-refractivity contribution in [3.8, 4) is 5.00 Å². The molecule has 102 valence electrons. The Bertz CT molecular complexity index is 791. The second kappa shape index (κ2) is 4.69. The molecule has 0 aliphatic carbocycles. The van der Waals surface area contributed by atoms with Crippen molar-refractivity contribution in [1.82, 2.24) is 9.78 Å². The lowest BCUT2D eigenvalue weighted by Crippen LogP contribution is -1.97. The maximum absolute atomic E-state index is 11.2. The summed E-state index contributed by atoms with van der Waals surface area (Å²) in [7, 11) is 0. The third kappa shape index (κ3) is 1.97. The van der Waals surface area contributed by atoms with E-state index in [1.165, 1.54) is 17.4 Å². The van der Waals surface area contributed by atoms with Crippen molar-refractivity contribution >= 4 is 27.9 Å². The highest BCUT2D eigenvalue weighted by Gasteiger charge is 2.23. The minimum atomic E-state index is -0.741. The van der Waals surface area contributed by atoms with Crippen LogP contribution in [0.25, 0.3) is 15.9 Å². The zero-order valence-corrected chi connectivity index (χ0v) is 11.4. The predicted molar refractivity (Wildman–Crippen MR) is 76.2 cm³/mol. The van der Waals surface area contributed by atoms with Gasteiger partial charge >= 0.3 is 5.69 Å². The topological polar surface area (TPSA) is 81.2 Å². The lowest BCUT2D eigenvalue weighted by Gasteiger charge is -2.00. The lowest BCUT2D eigenvalue weighted by atomic mass is 10.2. The molecule has 20 heavy (non-hydrogen) atoms. The predicted octanol–water partition coefficient (Wildman–Crippen LogP) is 3.05. The summed E-state index contributed by atoms with van der Waals surface area (Å²) in [5.41, 5.74) is 0.759. The zero-order valence-electron chi connectivity index (χ0n) is 10.6. The number of aliphatic hydroxyl groups excluding tert-OH is 1. The molecule has 0 spiro atoms. The second-order valence-electron chi connectivity index (χ2n) is 4.39. The molecule has 3 aromatic rings. The number of aromatic nitrogens is 2. The van der Waals surface area contributed by atoms with Gasteiger partial charge in [0, 0.05) is 16.3 Å². The number of nitro groups is 1. The van der Waals surface area contributed by atoms with E-state index in [-0.39, 0.29) is 5.69 Å². The molecule has 0 saturated carbocycles. The Hall–Kier alpha value is -2.25. The highest BCUT2D eigenvalue weighted by molar-refractivity contribution is 7.15. The molecule has 1 aromatic carbocycles. The van der Waals surface area contributed by atoms with Gasteiger partial charge < -0.3 is 5.11 Å². The maximum Gasteiger partial charge on any atom is 0.306 e. The first kappa shape index (κ1) is 12.8. The van der Waals surface area contributed by atoms with Crippen LogP contribution in [-0.2, 0) is 0 Å². The summed E-state index contributed by atoms with van der Waals surface area (Å²) in [5, 5.41) is 26.3. The van der Waals surface area contributed by atoms with Crippen LogP contribution in [0.3, 0.4) is 0 Å². The van der Waals surface area contributed by atoms with Crippen LogP contribution in [0.15, 0.2) is 36.5 Å². The van der Waals surface area contributed by atoms with Gasteiger partial charge in [0.2, 0.25) is 0 Å². The van der Waals surface area contributed by atoms with E-state index in [1.54, 1.807) is 17.8 Å². The number of hydrogen-bond donors (Lipinski definition) is 1. The summed E-state index contributed by atoms with van der Waals surface area (Å²) >= 11 is 1.18. The van der Waals surface area contributed by atoms with Gasteiger partial charge in [0.15, 0.2) is 5.00 Å². The highest BCUT2D eigenvalue weighted by Crippen LogP contribution is 2.36. The van der Waals surface area contributed by atoms with Gasteiger partial charge in [0.1, 0.15) is 0 Å². The summed E-state index contributed by atoms with van der Waals surface area (Å²) in [5.74, 6) is 0. The molecule has 1 atom stereocenters. The van der Waals surface area contributed by atoms with Crippen molar-refractivity contribution in [3.05, 3.63) is 51.5 Å². The van der Waals surface area contributed by atoms with E-state index in [2.05, 4.69) is 5.10 Å². The van der Waals surface area contributed by atoms with E-state index in [1.807, 2.05) is 24.3 Å². The van der Waals surface area contributed by atoms with Crippen LogP contribution in [0.4, 0.5) is 5.69 Å². The van der Waals surface area contributed by atoms with Crippen molar-refractivity contribution in [3.63, 3.8) is 0 Å². The molecular weight excluding hydrogens is 278 g/mol. The van der Waals surface area contributed by atoms with Gasteiger partial charge in [-0.3, -0.25) is 10.1 Å². The molecule has 0 radical (unpaired) electrons. The van der Waals surface area contributed by atoms with Crippen LogP contribution < -0.4 is 0 Å². The Labute approximate surface area is 118 Å².